The molecule has 0 atom stereocenters. The van der Waals surface area contributed by atoms with Gasteiger partial charge in [0.05, 0.1) is 0 Å². The molecule has 22 rings (SSSR count). The van der Waals surface area contributed by atoms with Crippen LogP contribution in [-0.4, -0.2) is 0 Å². The normalized spacial score (nSPS) is 10.8. The lowest BCUT2D eigenvalue weighted by molar-refractivity contribution is 1.47. The monoisotopic (exact) mass is 1650 g/mol. The molecule has 129 heavy (non-hydrogen) atoms. The third kappa shape index (κ3) is 20.5. The van der Waals surface area contributed by atoms with Gasteiger partial charge in [-0.1, -0.05) is 477 Å². The van der Waals surface area contributed by atoms with Crippen molar-refractivity contribution >= 4 is 43.1 Å². The largest absolute Gasteiger partial charge is 0.0622 e. The van der Waals surface area contributed by atoms with Crippen molar-refractivity contribution in [3.63, 3.8) is 0 Å². The van der Waals surface area contributed by atoms with E-state index >= 15 is 0 Å². The standard InChI is InChI=1S/2C29H22.C25H20.2C23H18/c1-21-14-16-23(17-15-21)26-18-25(22-8-3-2-4-9-22)19-27(20-26)29-13-7-11-24-10-5-6-12-28(24)29;1-21-11-13-24(14-12-21)28-18-27(22-7-3-2-4-8-22)19-29(20-28)26-16-15-23-9-5-6-10-25(23)17-26;1-19-12-14-22(15-13-19)25-18-23(20-8-4-2-5-9-20)16-17-24(25)21-10-6-3-7-11-21;1-17-12-14-18(15-13-17)20-8-4-9-21(16-20)23-11-5-7-19-6-2-3-10-22(19)23;1-17-9-11-19(12-10-17)21-7-4-8-22(15-21)23-14-13-18-5-2-3-6-20(18)16-23/h2*2-20H,1H3;2-18H,1H3;2*2-16H,1H3. The zero-order valence-corrected chi connectivity index (χ0v) is 73.6. The Labute approximate surface area is 760 Å². The van der Waals surface area contributed by atoms with Gasteiger partial charge < -0.3 is 0 Å². The highest BCUT2D eigenvalue weighted by atomic mass is 14.2. The van der Waals surface area contributed by atoms with Crippen LogP contribution in [0.2, 0.25) is 0 Å². The summed E-state index contributed by atoms with van der Waals surface area (Å²) in [5, 5.41) is 10.3. The summed E-state index contributed by atoms with van der Waals surface area (Å²) in [7, 11) is 0. The Morgan fingerprint density at radius 2 is 0.310 bits per heavy atom. The second kappa shape index (κ2) is 39.8. The molecule has 0 heteroatoms. The van der Waals surface area contributed by atoms with Gasteiger partial charge in [0.2, 0.25) is 0 Å². The van der Waals surface area contributed by atoms with Crippen molar-refractivity contribution in [2.24, 2.45) is 0 Å². The Kier molecular flexibility index (Phi) is 25.8. The molecule has 0 aliphatic carbocycles. The van der Waals surface area contributed by atoms with Crippen LogP contribution in [0.15, 0.2) is 516 Å². The van der Waals surface area contributed by atoms with Crippen molar-refractivity contribution in [2.45, 2.75) is 34.6 Å². The van der Waals surface area contributed by atoms with Crippen LogP contribution in [0.4, 0.5) is 0 Å². The predicted octanol–water partition coefficient (Wildman–Crippen LogP) is 36.3. The second-order valence-electron chi connectivity index (χ2n) is 33.5. The van der Waals surface area contributed by atoms with Gasteiger partial charge in [0.15, 0.2) is 0 Å². The summed E-state index contributed by atoms with van der Waals surface area (Å²) in [4.78, 5) is 0. The maximum atomic E-state index is 2.32. The van der Waals surface area contributed by atoms with E-state index in [0.29, 0.717) is 0 Å². The van der Waals surface area contributed by atoms with E-state index in [1.165, 1.54) is 216 Å². The summed E-state index contributed by atoms with van der Waals surface area (Å²) < 4.78 is 0. The van der Waals surface area contributed by atoms with Gasteiger partial charge >= 0.3 is 0 Å². The average Bonchev–Trinajstić information content (AvgIpc) is 0.785. The molecule has 0 bridgehead atoms. The Morgan fingerprint density at radius 1 is 0.0930 bits per heavy atom. The van der Waals surface area contributed by atoms with Gasteiger partial charge in [-0.3, -0.25) is 0 Å². The van der Waals surface area contributed by atoms with Crippen molar-refractivity contribution in [1.29, 1.82) is 0 Å². The zero-order chi connectivity index (χ0) is 87.6. The molecule has 616 valence electrons. The van der Waals surface area contributed by atoms with Crippen molar-refractivity contribution in [1.82, 2.24) is 0 Å². The smallest absolute Gasteiger partial charge is 0.00992 e. The molecule has 0 spiro atoms. The van der Waals surface area contributed by atoms with Crippen molar-refractivity contribution in [2.75, 3.05) is 0 Å². The van der Waals surface area contributed by atoms with E-state index in [4.69, 9.17) is 0 Å². The fraction of sp³-hybridized carbons (Fsp3) is 0.0388. The molecule has 0 amide bonds. The summed E-state index contributed by atoms with van der Waals surface area (Å²) in [6, 6.07) is 185. The molecule has 0 fully saturated rings. The summed E-state index contributed by atoms with van der Waals surface area (Å²) in [5.74, 6) is 0. The van der Waals surface area contributed by atoms with Gasteiger partial charge in [0, 0.05) is 0 Å². The van der Waals surface area contributed by atoms with E-state index in [2.05, 4.69) is 550 Å². The molecular weight excluding hydrogens is 1550 g/mol. The number of benzene rings is 22. The van der Waals surface area contributed by atoms with E-state index in [1.807, 2.05) is 0 Å². The predicted molar refractivity (Wildman–Crippen MR) is 557 cm³/mol. The van der Waals surface area contributed by atoms with Gasteiger partial charge in [-0.25, -0.2) is 0 Å². The first kappa shape index (κ1) is 83.8. The van der Waals surface area contributed by atoms with Crippen molar-refractivity contribution in [3.8, 4) is 145 Å². The highest BCUT2D eigenvalue weighted by Crippen LogP contribution is 2.41. The van der Waals surface area contributed by atoms with Gasteiger partial charge in [0.25, 0.3) is 0 Å². The van der Waals surface area contributed by atoms with E-state index in [1.54, 1.807) is 0 Å². The van der Waals surface area contributed by atoms with Crippen LogP contribution in [0.3, 0.4) is 0 Å². The summed E-state index contributed by atoms with van der Waals surface area (Å²) in [6.45, 7) is 10.6. The van der Waals surface area contributed by atoms with Crippen LogP contribution < -0.4 is 0 Å². The van der Waals surface area contributed by atoms with Gasteiger partial charge in [-0.2, -0.15) is 0 Å². The highest BCUT2D eigenvalue weighted by Gasteiger charge is 2.16. The van der Waals surface area contributed by atoms with Crippen LogP contribution in [0.5, 0.6) is 0 Å². The Hall–Kier alpha value is -16.1. The highest BCUT2D eigenvalue weighted by molar-refractivity contribution is 6.00. The second-order valence-corrected chi connectivity index (χ2v) is 33.5. The van der Waals surface area contributed by atoms with E-state index < -0.39 is 0 Å². The minimum Gasteiger partial charge on any atom is -0.0622 e. The number of hydrogen-bond donors (Lipinski definition) is 0. The molecule has 22 aromatic rings. The first-order valence-electron chi connectivity index (χ1n) is 44.6. The SMILES string of the molecule is Cc1ccc(-c2cc(-c3ccccc3)cc(-c3ccc4ccccc4c3)c2)cc1.Cc1ccc(-c2cc(-c3ccccc3)cc(-c3cccc4ccccc34)c2)cc1.Cc1ccc(-c2cc(-c3ccccc3)ccc2-c2ccccc2)cc1.Cc1ccc(-c2cccc(-c3ccc4ccccc4c3)c2)cc1.Cc1ccc(-c2cccc(-c3cccc4ccccc34)c2)cc1. The minimum absolute atomic E-state index is 1.24. The van der Waals surface area contributed by atoms with E-state index in [-0.39, 0.29) is 0 Å². The van der Waals surface area contributed by atoms with Crippen LogP contribution >= 0.6 is 0 Å². The van der Waals surface area contributed by atoms with Crippen LogP contribution in [0, 0.1) is 34.6 Å². The molecular formula is C129H100. The van der Waals surface area contributed by atoms with Crippen LogP contribution in [0.1, 0.15) is 27.8 Å². The first-order chi connectivity index (χ1) is 63.4. The molecule has 0 N–H and O–H groups in total. The Morgan fingerprint density at radius 3 is 0.721 bits per heavy atom. The lowest BCUT2D eigenvalue weighted by atomic mass is 9.91. The molecule has 0 saturated carbocycles. The van der Waals surface area contributed by atoms with Crippen LogP contribution in [0.25, 0.3) is 188 Å². The number of fused-ring (bicyclic) bond motifs is 4. The summed E-state index contributed by atoms with van der Waals surface area (Å²) in [6.07, 6.45) is 0. The van der Waals surface area contributed by atoms with E-state index in [0.717, 1.165) is 0 Å². The lowest BCUT2D eigenvalue weighted by Gasteiger charge is -2.13. The number of rotatable bonds is 13. The fourth-order valence-electron chi connectivity index (χ4n) is 17.1. The molecule has 0 aromatic heterocycles. The van der Waals surface area contributed by atoms with Crippen molar-refractivity contribution < 1.29 is 0 Å². The molecule has 0 saturated heterocycles. The molecule has 0 aliphatic heterocycles. The fourth-order valence-corrected chi connectivity index (χ4v) is 17.1. The van der Waals surface area contributed by atoms with Gasteiger partial charge in [0.1, 0.15) is 0 Å². The quantitative estimate of drug-likeness (QED) is 0.108. The topological polar surface area (TPSA) is 0 Å². The molecule has 0 radical (unpaired) electrons. The average molecular weight is 1650 g/mol. The molecule has 0 heterocycles. The lowest BCUT2D eigenvalue weighted by Crippen LogP contribution is -1.88. The zero-order valence-electron chi connectivity index (χ0n) is 73.6. The Balaban J connectivity index is 0.000000109. The molecule has 0 nitrogen and oxygen atoms in total. The molecule has 22 aromatic carbocycles. The third-order valence-electron chi connectivity index (χ3n) is 24.3. The van der Waals surface area contributed by atoms with Crippen LogP contribution in [-0.2, 0) is 0 Å². The van der Waals surface area contributed by atoms with Gasteiger partial charge in [-0.05, 0) is 289 Å². The van der Waals surface area contributed by atoms with Gasteiger partial charge in [-0.15, -0.1) is 0 Å². The Bertz CT molecular complexity index is 7530. The van der Waals surface area contributed by atoms with E-state index in [9.17, 15) is 0 Å². The number of hydrogen-bond acceptors (Lipinski definition) is 0. The van der Waals surface area contributed by atoms with Crippen molar-refractivity contribution in [3.05, 3.63) is 543 Å². The summed E-state index contributed by atoms with van der Waals surface area (Å²) in [5.41, 5.74) is 39.0. The maximum Gasteiger partial charge on any atom is -0.00992 e. The molecule has 0 aliphatic rings. The third-order valence-corrected chi connectivity index (χ3v) is 24.3. The summed E-state index contributed by atoms with van der Waals surface area (Å²) >= 11 is 0. The maximum absolute atomic E-state index is 2.32. The molecule has 0 unspecified atom stereocenters. The minimum atomic E-state index is 1.24. The first-order valence-corrected chi connectivity index (χ1v) is 44.6. The number of aryl methyl sites for hydroxylation is 5.